The summed E-state index contributed by atoms with van der Waals surface area (Å²) >= 11 is 0. The molecule has 0 radical (unpaired) electrons. The van der Waals surface area contributed by atoms with Crippen LogP contribution in [0.5, 0.6) is 5.75 Å². The lowest BCUT2D eigenvalue weighted by Crippen LogP contribution is -2.30. The Labute approximate surface area is 131 Å². The average Bonchev–Trinajstić information content (AvgIpc) is 2.46. The van der Waals surface area contributed by atoms with Gasteiger partial charge in [0.15, 0.2) is 11.4 Å². The van der Waals surface area contributed by atoms with Gasteiger partial charge < -0.3 is 15.5 Å². The van der Waals surface area contributed by atoms with Gasteiger partial charge in [-0.25, -0.2) is 0 Å². The summed E-state index contributed by atoms with van der Waals surface area (Å²) in [7, 11) is 0. The molecule has 0 fully saturated rings. The molecular weight excluding hydrogens is 302 g/mol. The number of carbonyl (C=O) groups is 2. The Morgan fingerprint density at radius 2 is 2.04 bits per heavy atom. The van der Waals surface area contributed by atoms with Crippen molar-refractivity contribution in [2.45, 2.75) is 13.3 Å². The fraction of sp³-hybridized carbons (Fsp3) is 0.200. The zero-order valence-electron chi connectivity index (χ0n) is 12.3. The molecule has 0 saturated carbocycles. The molecule has 2 aromatic rings. The second-order valence-corrected chi connectivity index (χ2v) is 4.87. The Balaban J connectivity index is 2.35. The van der Waals surface area contributed by atoms with E-state index in [1.54, 1.807) is 18.2 Å². The highest BCUT2D eigenvalue weighted by Gasteiger charge is 2.16. The lowest BCUT2D eigenvalue weighted by atomic mass is 10.2. The largest absolute Gasteiger partial charge is 0.505 e. The molecule has 0 spiro atoms. The Bertz CT molecular complexity index is 813. The van der Waals surface area contributed by atoms with E-state index in [9.17, 15) is 19.5 Å². The molecule has 8 nitrogen and oxygen atoms in total. The van der Waals surface area contributed by atoms with Crippen LogP contribution in [0, 0.1) is 6.92 Å². The molecule has 3 N–H and O–H groups in total. The SMILES string of the molecule is Cc1cccc(-n2nc(C(=O)NCCC(=O)O)c(O)cc2=O)c1. The number of aryl methyl sites for hydroxylation is 1. The van der Waals surface area contributed by atoms with Crippen molar-refractivity contribution in [3.05, 3.63) is 51.9 Å². The van der Waals surface area contributed by atoms with E-state index in [1.807, 2.05) is 13.0 Å². The highest BCUT2D eigenvalue weighted by Crippen LogP contribution is 2.13. The summed E-state index contributed by atoms with van der Waals surface area (Å²) in [6.07, 6.45) is -0.260. The van der Waals surface area contributed by atoms with E-state index < -0.39 is 23.2 Å². The van der Waals surface area contributed by atoms with Crippen LogP contribution in [0.15, 0.2) is 35.1 Å². The summed E-state index contributed by atoms with van der Waals surface area (Å²) in [6.45, 7) is 1.73. The summed E-state index contributed by atoms with van der Waals surface area (Å²) in [5.74, 6) is -2.39. The number of carboxylic acids is 1. The van der Waals surface area contributed by atoms with Gasteiger partial charge in [-0.3, -0.25) is 14.4 Å². The molecule has 120 valence electrons. The van der Waals surface area contributed by atoms with Crippen LogP contribution in [0.1, 0.15) is 22.5 Å². The number of rotatable bonds is 5. The van der Waals surface area contributed by atoms with E-state index >= 15 is 0 Å². The molecular formula is C15H15N3O5. The van der Waals surface area contributed by atoms with Gasteiger partial charge in [-0.15, -0.1) is 0 Å². The minimum Gasteiger partial charge on any atom is -0.505 e. The molecule has 2 rings (SSSR count). The Kier molecular flexibility index (Phi) is 4.75. The summed E-state index contributed by atoms with van der Waals surface area (Å²) in [5, 5.41) is 24.5. The number of aromatic nitrogens is 2. The first kappa shape index (κ1) is 16.2. The van der Waals surface area contributed by atoms with Crippen LogP contribution in [0.2, 0.25) is 0 Å². The number of aliphatic carboxylic acids is 1. The summed E-state index contributed by atoms with van der Waals surface area (Å²) in [4.78, 5) is 34.4. The van der Waals surface area contributed by atoms with Gasteiger partial charge in [0.2, 0.25) is 0 Å². The fourth-order valence-electron chi connectivity index (χ4n) is 1.92. The third-order valence-electron chi connectivity index (χ3n) is 3.00. The predicted molar refractivity (Wildman–Crippen MR) is 80.8 cm³/mol. The van der Waals surface area contributed by atoms with Gasteiger partial charge in [0.05, 0.1) is 12.1 Å². The summed E-state index contributed by atoms with van der Waals surface area (Å²) < 4.78 is 0.999. The zero-order valence-corrected chi connectivity index (χ0v) is 12.3. The lowest BCUT2D eigenvalue weighted by Gasteiger charge is -2.09. The maximum atomic E-state index is 12.0. The molecule has 1 heterocycles. The molecule has 0 aliphatic heterocycles. The van der Waals surface area contributed by atoms with Crippen molar-refractivity contribution >= 4 is 11.9 Å². The maximum Gasteiger partial charge on any atom is 0.305 e. The van der Waals surface area contributed by atoms with Crippen LogP contribution in [-0.4, -0.2) is 38.4 Å². The lowest BCUT2D eigenvalue weighted by molar-refractivity contribution is -0.136. The number of hydrogen-bond donors (Lipinski definition) is 3. The number of hydrogen-bond acceptors (Lipinski definition) is 5. The fourth-order valence-corrected chi connectivity index (χ4v) is 1.92. The molecule has 1 aromatic carbocycles. The van der Waals surface area contributed by atoms with Crippen LogP contribution < -0.4 is 10.9 Å². The number of amides is 1. The van der Waals surface area contributed by atoms with Crippen LogP contribution >= 0.6 is 0 Å². The summed E-state index contributed by atoms with van der Waals surface area (Å²) in [5.41, 5.74) is 0.415. The van der Waals surface area contributed by atoms with Crippen molar-refractivity contribution in [1.82, 2.24) is 15.1 Å². The van der Waals surface area contributed by atoms with E-state index in [4.69, 9.17) is 5.11 Å². The van der Waals surface area contributed by atoms with E-state index in [-0.39, 0.29) is 18.7 Å². The molecule has 0 bridgehead atoms. The maximum absolute atomic E-state index is 12.0. The second-order valence-electron chi connectivity index (χ2n) is 4.87. The quantitative estimate of drug-likeness (QED) is 0.736. The monoisotopic (exact) mass is 317 g/mol. The Hall–Kier alpha value is -3.16. The number of aromatic hydroxyl groups is 1. The van der Waals surface area contributed by atoms with Gasteiger partial charge in [0.25, 0.3) is 11.5 Å². The molecule has 0 aliphatic carbocycles. The van der Waals surface area contributed by atoms with Gasteiger partial charge in [0.1, 0.15) is 0 Å². The van der Waals surface area contributed by atoms with Gasteiger partial charge in [-0.05, 0) is 24.6 Å². The van der Waals surface area contributed by atoms with E-state index in [1.165, 1.54) is 0 Å². The molecule has 8 heteroatoms. The van der Waals surface area contributed by atoms with Crippen molar-refractivity contribution in [3.63, 3.8) is 0 Å². The number of nitrogens with one attached hydrogen (secondary N) is 1. The van der Waals surface area contributed by atoms with Crippen LogP contribution in [-0.2, 0) is 4.79 Å². The highest BCUT2D eigenvalue weighted by molar-refractivity contribution is 5.94. The topological polar surface area (TPSA) is 122 Å². The molecule has 0 unspecified atom stereocenters. The summed E-state index contributed by atoms with van der Waals surface area (Å²) in [6, 6.07) is 7.82. The third kappa shape index (κ3) is 3.94. The molecule has 1 aromatic heterocycles. The predicted octanol–water partition coefficient (Wildman–Crippen LogP) is 0.451. The third-order valence-corrected chi connectivity index (χ3v) is 3.00. The molecule has 0 aliphatic rings. The van der Waals surface area contributed by atoms with E-state index in [0.29, 0.717) is 5.69 Å². The Morgan fingerprint density at radius 1 is 1.30 bits per heavy atom. The minimum atomic E-state index is -1.06. The van der Waals surface area contributed by atoms with Gasteiger partial charge >= 0.3 is 5.97 Å². The molecule has 0 atom stereocenters. The Morgan fingerprint density at radius 3 is 2.70 bits per heavy atom. The first-order valence-corrected chi connectivity index (χ1v) is 6.79. The normalized spacial score (nSPS) is 10.3. The van der Waals surface area contributed by atoms with Crippen LogP contribution in [0.4, 0.5) is 0 Å². The minimum absolute atomic E-state index is 0.112. The van der Waals surface area contributed by atoms with Crippen LogP contribution in [0.3, 0.4) is 0 Å². The number of carboxylic acid groups (broad SMARTS) is 1. The second kappa shape index (κ2) is 6.73. The van der Waals surface area contributed by atoms with Crippen molar-refractivity contribution < 1.29 is 19.8 Å². The standard InChI is InChI=1S/C15H15N3O5/c1-9-3-2-4-10(7-9)18-12(20)8-11(19)14(17-18)15(23)16-6-5-13(21)22/h2-4,7-8,19H,5-6H2,1H3,(H,16,23)(H,21,22). The van der Waals surface area contributed by atoms with Gasteiger partial charge in [-0.1, -0.05) is 12.1 Å². The smallest absolute Gasteiger partial charge is 0.305 e. The first-order chi connectivity index (χ1) is 10.9. The van der Waals surface area contributed by atoms with E-state index in [0.717, 1.165) is 16.3 Å². The van der Waals surface area contributed by atoms with Gasteiger partial charge in [0, 0.05) is 12.6 Å². The van der Waals surface area contributed by atoms with Crippen molar-refractivity contribution in [2.75, 3.05) is 6.54 Å². The van der Waals surface area contributed by atoms with Crippen molar-refractivity contribution in [1.29, 1.82) is 0 Å². The number of benzene rings is 1. The van der Waals surface area contributed by atoms with Crippen molar-refractivity contribution in [3.8, 4) is 11.4 Å². The zero-order chi connectivity index (χ0) is 17.0. The number of carbonyl (C=O) groups excluding carboxylic acids is 1. The average molecular weight is 317 g/mol. The van der Waals surface area contributed by atoms with Crippen LogP contribution in [0.25, 0.3) is 5.69 Å². The van der Waals surface area contributed by atoms with Crippen molar-refractivity contribution in [2.24, 2.45) is 0 Å². The highest BCUT2D eigenvalue weighted by atomic mass is 16.4. The van der Waals surface area contributed by atoms with E-state index in [2.05, 4.69) is 10.4 Å². The molecule has 23 heavy (non-hydrogen) atoms. The molecule has 1 amide bonds. The first-order valence-electron chi connectivity index (χ1n) is 6.79. The molecule has 0 saturated heterocycles. The van der Waals surface area contributed by atoms with Gasteiger partial charge in [-0.2, -0.15) is 9.78 Å². The number of nitrogens with zero attached hydrogens (tertiary/aromatic N) is 2.